The van der Waals surface area contributed by atoms with E-state index in [1.165, 1.54) is 11.3 Å². The van der Waals surface area contributed by atoms with Crippen LogP contribution < -0.4 is 5.32 Å². The maximum Gasteiger partial charge on any atom is 0.226 e. The number of nitrogens with zero attached hydrogens (tertiary/aromatic N) is 2. The number of thioether (sulfide) groups is 1. The molecular weight excluding hydrogens is 266 g/mol. The van der Waals surface area contributed by atoms with Crippen molar-refractivity contribution >= 4 is 45.7 Å². The van der Waals surface area contributed by atoms with Crippen molar-refractivity contribution in [3.8, 4) is 0 Å². The number of carbonyl (C=O) groups excluding carboxylic acids is 1. The van der Waals surface area contributed by atoms with Gasteiger partial charge >= 0.3 is 0 Å². The third-order valence-electron chi connectivity index (χ3n) is 1.62. The Bertz CT molecular complexity index is 332. The van der Waals surface area contributed by atoms with Gasteiger partial charge in [-0.1, -0.05) is 30.0 Å². The summed E-state index contributed by atoms with van der Waals surface area (Å²) in [5, 5.41) is 11.2. The summed E-state index contributed by atoms with van der Waals surface area (Å²) in [6, 6.07) is 0. The summed E-state index contributed by atoms with van der Waals surface area (Å²) in [6.45, 7) is 2.11. The minimum atomic E-state index is -0.0520. The lowest BCUT2D eigenvalue weighted by atomic mass is 10.3. The largest absolute Gasteiger partial charge is 0.301 e. The lowest BCUT2D eigenvalue weighted by molar-refractivity contribution is -0.116. The summed E-state index contributed by atoms with van der Waals surface area (Å²) < 4.78 is 0.898. The Morgan fingerprint density at radius 2 is 2.38 bits per heavy atom. The van der Waals surface area contributed by atoms with Gasteiger partial charge in [-0.15, -0.1) is 21.8 Å². The second-order valence-electron chi connectivity index (χ2n) is 3.06. The molecule has 90 valence electrons. The van der Waals surface area contributed by atoms with E-state index in [9.17, 15) is 4.79 Å². The highest BCUT2D eigenvalue weighted by Crippen LogP contribution is 2.25. The van der Waals surface area contributed by atoms with Gasteiger partial charge in [-0.2, -0.15) is 0 Å². The fourth-order valence-electron chi connectivity index (χ4n) is 0.917. The molecule has 0 saturated carbocycles. The molecule has 1 aromatic rings. The molecule has 0 unspecified atom stereocenters. The molecule has 0 spiro atoms. The molecule has 1 heterocycles. The summed E-state index contributed by atoms with van der Waals surface area (Å²) in [7, 11) is 0. The average molecular weight is 280 g/mol. The van der Waals surface area contributed by atoms with Crippen molar-refractivity contribution in [2.45, 2.75) is 30.5 Å². The lowest BCUT2D eigenvalue weighted by Crippen LogP contribution is -2.10. The van der Waals surface area contributed by atoms with Gasteiger partial charge in [0.1, 0.15) is 0 Å². The number of hydrogen-bond acceptors (Lipinski definition) is 5. The third-order valence-corrected chi connectivity index (χ3v) is 4.07. The first kappa shape index (κ1) is 13.7. The van der Waals surface area contributed by atoms with Crippen molar-refractivity contribution < 1.29 is 4.79 Å². The predicted molar refractivity (Wildman–Crippen MR) is 69.5 cm³/mol. The molecule has 1 aromatic heterocycles. The maximum atomic E-state index is 11.4. The zero-order valence-corrected chi connectivity index (χ0v) is 11.4. The van der Waals surface area contributed by atoms with Crippen LogP contribution in [0.3, 0.4) is 0 Å². The molecule has 0 aliphatic heterocycles. The van der Waals surface area contributed by atoms with Crippen LogP contribution in [0.2, 0.25) is 0 Å². The van der Waals surface area contributed by atoms with Gasteiger partial charge in [-0.25, -0.2) is 0 Å². The smallest absolute Gasteiger partial charge is 0.226 e. The predicted octanol–water partition coefficient (Wildman–Crippen LogP) is 3.00. The topological polar surface area (TPSA) is 54.9 Å². The Morgan fingerprint density at radius 1 is 1.56 bits per heavy atom. The molecular formula is C9H14ClN3OS2. The zero-order chi connectivity index (χ0) is 11.8. The summed E-state index contributed by atoms with van der Waals surface area (Å²) in [6.07, 6.45) is 2.21. The van der Waals surface area contributed by atoms with Crippen LogP contribution in [0.1, 0.15) is 26.2 Å². The number of aromatic nitrogens is 2. The highest BCUT2D eigenvalue weighted by molar-refractivity contribution is 8.01. The van der Waals surface area contributed by atoms with E-state index in [1.54, 1.807) is 11.8 Å². The van der Waals surface area contributed by atoms with E-state index in [0.29, 0.717) is 23.9 Å². The molecule has 1 rings (SSSR count). The summed E-state index contributed by atoms with van der Waals surface area (Å²) in [5.41, 5.74) is 0. The third kappa shape index (κ3) is 5.14. The SMILES string of the molecule is CCCSc1nnc(NC(=O)CCCCl)s1. The summed E-state index contributed by atoms with van der Waals surface area (Å²) in [5.74, 6) is 1.47. The summed E-state index contributed by atoms with van der Waals surface area (Å²) in [4.78, 5) is 11.4. The number of carbonyl (C=O) groups is 1. The normalized spacial score (nSPS) is 10.4. The first-order valence-corrected chi connectivity index (χ1v) is 7.42. The number of alkyl halides is 1. The minimum Gasteiger partial charge on any atom is -0.301 e. The van der Waals surface area contributed by atoms with Crippen LogP contribution >= 0.6 is 34.7 Å². The van der Waals surface area contributed by atoms with E-state index in [0.717, 1.165) is 16.5 Å². The van der Waals surface area contributed by atoms with Gasteiger partial charge in [0, 0.05) is 18.1 Å². The van der Waals surface area contributed by atoms with Crippen LogP contribution in [0.15, 0.2) is 4.34 Å². The highest BCUT2D eigenvalue weighted by atomic mass is 35.5. The van der Waals surface area contributed by atoms with Crippen LogP contribution in [-0.2, 0) is 4.79 Å². The van der Waals surface area contributed by atoms with Crippen LogP contribution in [-0.4, -0.2) is 27.7 Å². The molecule has 0 aliphatic rings. The standard InChI is InChI=1S/C9H14ClN3OS2/c1-2-6-15-9-13-12-8(16-9)11-7(14)4-3-5-10/h2-6H2,1H3,(H,11,12,14). The van der Waals surface area contributed by atoms with Crippen molar-refractivity contribution in [1.82, 2.24) is 10.2 Å². The van der Waals surface area contributed by atoms with Crippen molar-refractivity contribution in [3.63, 3.8) is 0 Å². The quantitative estimate of drug-likeness (QED) is 0.474. The van der Waals surface area contributed by atoms with Crippen molar-refractivity contribution in [2.75, 3.05) is 16.9 Å². The first-order chi connectivity index (χ1) is 7.76. The molecule has 7 heteroatoms. The van der Waals surface area contributed by atoms with E-state index in [-0.39, 0.29) is 5.91 Å². The van der Waals surface area contributed by atoms with Gasteiger partial charge in [0.05, 0.1) is 0 Å². The molecule has 1 N–H and O–H groups in total. The molecule has 1 amide bonds. The zero-order valence-electron chi connectivity index (χ0n) is 9.03. The van der Waals surface area contributed by atoms with Gasteiger partial charge in [0.2, 0.25) is 11.0 Å². The molecule has 0 aliphatic carbocycles. The Kier molecular flexibility index (Phi) is 6.75. The second-order valence-corrected chi connectivity index (χ2v) is 5.76. The number of anilines is 1. The Labute approximate surface area is 108 Å². The maximum absolute atomic E-state index is 11.4. The average Bonchev–Trinajstić information content (AvgIpc) is 2.71. The summed E-state index contributed by atoms with van der Waals surface area (Å²) >= 11 is 8.57. The molecule has 0 aromatic carbocycles. The first-order valence-electron chi connectivity index (χ1n) is 5.08. The van der Waals surface area contributed by atoms with E-state index in [1.807, 2.05) is 0 Å². The van der Waals surface area contributed by atoms with Crippen LogP contribution in [0.5, 0.6) is 0 Å². The Morgan fingerprint density at radius 3 is 3.06 bits per heavy atom. The number of rotatable bonds is 7. The number of amides is 1. The van der Waals surface area contributed by atoms with Crippen molar-refractivity contribution in [2.24, 2.45) is 0 Å². The van der Waals surface area contributed by atoms with E-state index in [2.05, 4.69) is 22.4 Å². The fourth-order valence-corrected chi connectivity index (χ4v) is 2.74. The van der Waals surface area contributed by atoms with Gasteiger partial charge in [0.15, 0.2) is 4.34 Å². The molecule has 4 nitrogen and oxygen atoms in total. The Balaban J connectivity index is 2.36. The molecule has 0 radical (unpaired) electrons. The lowest BCUT2D eigenvalue weighted by Gasteiger charge is -1.97. The van der Waals surface area contributed by atoms with Crippen LogP contribution in [0, 0.1) is 0 Å². The molecule has 0 atom stereocenters. The van der Waals surface area contributed by atoms with Crippen LogP contribution in [0.25, 0.3) is 0 Å². The number of hydrogen-bond donors (Lipinski definition) is 1. The van der Waals surface area contributed by atoms with Crippen molar-refractivity contribution in [3.05, 3.63) is 0 Å². The number of nitrogens with one attached hydrogen (secondary N) is 1. The van der Waals surface area contributed by atoms with E-state index < -0.39 is 0 Å². The van der Waals surface area contributed by atoms with Gasteiger partial charge in [0.25, 0.3) is 0 Å². The monoisotopic (exact) mass is 279 g/mol. The Hall–Kier alpha value is -0.330. The minimum absolute atomic E-state index is 0.0520. The van der Waals surface area contributed by atoms with E-state index in [4.69, 9.17) is 11.6 Å². The molecule has 0 saturated heterocycles. The molecule has 16 heavy (non-hydrogen) atoms. The fraction of sp³-hybridized carbons (Fsp3) is 0.667. The van der Waals surface area contributed by atoms with Crippen molar-refractivity contribution in [1.29, 1.82) is 0 Å². The number of halogens is 1. The van der Waals surface area contributed by atoms with E-state index >= 15 is 0 Å². The van der Waals surface area contributed by atoms with Gasteiger partial charge in [-0.05, 0) is 12.8 Å². The van der Waals surface area contributed by atoms with Gasteiger partial charge < -0.3 is 5.32 Å². The van der Waals surface area contributed by atoms with Gasteiger partial charge in [-0.3, -0.25) is 4.79 Å². The highest BCUT2D eigenvalue weighted by Gasteiger charge is 2.07. The second kappa shape index (κ2) is 7.86. The molecule has 0 bridgehead atoms. The molecule has 0 fully saturated rings. The van der Waals surface area contributed by atoms with Crippen LogP contribution in [0.4, 0.5) is 5.13 Å².